The Labute approximate surface area is 145 Å². The maximum Gasteiger partial charge on any atom is 0.159 e. The van der Waals surface area contributed by atoms with Crippen LogP contribution in [0.2, 0.25) is 0 Å². The predicted molar refractivity (Wildman–Crippen MR) is 92.0 cm³/mol. The molecule has 0 spiro atoms. The standard InChI is InChI=1S/C18H19Cl2F2N/c1-13(18(20)15-5-3-2-4-6-15)23(10-9-19)12-14-7-8-16(21)17(22)11-14/h2-8,11,13,18H,9-10,12H2,1H3. The van der Waals surface area contributed by atoms with Gasteiger partial charge in [-0.25, -0.2) is 8.78 Å². The lowest BCUT2D eigenvalue weighted by Gasteiger charge is -2.32. The van der Waals surface area contributed by atoms with Gasteiger partial charge in [-0.15, -0.1) is 23.2 Å². The van der Waals surface area contributed by atoms with Crippen LogP contribution in [0, 0.1) is 11.6 Å². The number of rotatable bonds is 7. The Bertz CT molecular complexity index is 622. The maximum atomic E-state index is 13.4. The highest BCUT2D eigenvalue weighted by Gasteiger charge is 2.23. The van der Waals surface area contributed by atoms with Gasteiger partial charge in [0.1, 0.15) is 0 Å². The number of halogens is 4. The zero-order chi connectivity index (χ0) is 16.8. The quantitative estimate of drug-likeness (QED) is 0.601. The van der Waals surface area contributed by atoms with Crippen molar-refractivity contribution < 1.29 is 8.78 Å². The summed E-state index contributed by atoms with van der Waals surface area (Å²) in [5.74, 6) is -1.25. The van der Waals surface area contributed by atoms with Gasteiger partial charge >= 0.3 is 0 Å². The largest absolute Gasteiger partial charge is 0.293 e. The highest BCUT2D eigenvalue weighted by molar-refractivity contribution is 6.21. The highest BCUT2D eigenvalue weighted by Crippen LogP contribution is 2.28. The Morgan fingerprint density at radius 3 is 2.35 bits per heavy atom. The van der Waals surface area contributed by atoms with E-state index < -0.39 is 11.6 Å². The smallest absolute Gasteiger partial charge is 0.159 e. The minimum Gasteiger partial charge on any atom is -0.293 e. The van der Waals surface area contributed by atoms with E-state index in [1.807, 2.05) is 37.3 Å². The van der Waals surface area contributed by atoms with Gasteiger partial charge in [0.2, 0.25) is 0 Å². The van der Waals surface area contributed by atoms with Crippen molar-refractivity contribution in [2.75, 3.05) is 12.4 Å². The van der Waals surface area contributed by atoms with Gasteiger partial charge in [-0.1, -0.05) is 36.4 Å². The topological polar surface area (TPSA) is 3.24 Å². The molecule has 2 atom stereocenters. The highest BCUT2D eigenvalue weighted by atomic mass is 35.5. The number of nitrogens with zero attached hydrogens (tertiary/aromatic N) is 1. The molecule has 2 unspecified atom stereocenters. The summed E-state index contributed by atoms with van der Waals surface area (Å²) in [7, 11) is 0. The van der Waals surface area contributed by atoms with E-state index in [2.05, 4.69) is 4.90 Å². The Morgan fingerprint density at radius 1 is 1.04 bits per heavy atom. The zero-order valence-electron chi connectivity index (χ0n) is 12.9. The van der Waals surface area contributed by atoms with Gasteiger partial charge < -0.3 is 0 Å². The SMILES string of the molecule is CC(C(Cl)c1ccccc1)N(CCCl)Cc1ccc(F)c(F)c1. The van der Waals surface area contributed by atoms with Gasteiger partial charge in [-0.2, -0.15) is 0 Å². The lowest BCUT2D eigenvalue weighted by molar-refractivity contribution is 0.206. The van der Waals surface area contributed by atoms with Crippen molar-refractivity contribution >= 4 is 23.2 Å². The molecular weight excluding hydrogens is 339 g/mol. The maximum absolute atomic E-state index is 13.4. The average Bonchev–Trinajstić information content (AvgIpc) is 2.57. The molecule has 0 aromatic heterocycles. The van der Waals surface area contributed by atoms with Crippen molar-refractivity contribution in [2.24, 2.45) is 0 Å². The first-order chi connectivity index (χ1) is 11.0. The summed E-state index contributed by atoms with van der Waals surface area (Å²) in [5, 5.41) is -0.218. The second-order valence-corrected chi connectivity index (χ2v) is 6.31. The Hall–Kier alpha value is -1.16. The van der Waals surface area contributed by atoms with E-state index in [0.717, 1.165) is 11.6 Å². The molecule has 23 heavy (non-hydrogen) atoms. The fourth-order valence-corrected chi connectivity index (χ4v) is 3.03. The molecule has 0 radical (unpaired) electrons. The van der Waals surface area contributed by atoms with Crippen molar-refractivity contribution in [1.82, 2.24) is 4.90 Å². The molecule has 0 bridgehead atoms. The van der Waals surface area contributed by atoms with Crippen molar-refractivity contribution in [1.29, 1.82) is 0 Å². The lowest BCUT2D eigenvalue weighted by atomic mass is 10.0. The molecule has 0 saturated carbocycles. The Balaban J connectivity index is 2.14. The van der Waals surface area contributed by atoms with E-state index in [1.165, 1.54) is 6.07 Å². The summed E-state index contributed by atoms with van der Waals surface area (Å²) in [5.41, 5.74) is 1.71. The van der Waals surface area contributed by atoms with Crippen LogP contribution in [0.4, 0.5) is 8.78 Å². The lowest BCUT2D eigenvalue weighted by Crippen LogP contribution is -2.37. The van der Waals surface area contributed by atoms with Gasteiger partial charge in [-0.3, -0.25) is 4.90 Å². The van der Waals surface area contributed by atoms with Gasteiger partial charge in [0.25, 0.3) is 0 Å². The molecule has 0 aliphatic heterocycles. The third-order valence-corrected chi connectivity index (χ3v) is 4.64. The summed E-state index contributed by atoms with van der Waals surface area (Å²) in [6, 6.07) is 13.7. The van der Waals surface area contributed by atoms with Crippen molar-refractivity contribution in [3.8, 4) is 0 Å². The van der Waals surface area contributed by atoms with Gasteiger partial charge in [-0.05, 0) is 30.2 Å². The van der Waals surface area contributed by atoms with Crippen LogP contribution in [0.15, 0.2) is 48.5 Å². The van der Waals surface area contributed by atoms with E-state index in [1.54, 1.807) is 6.07 Å². The molecule has 1 nitrogen and oxygen atoms in total. The van der Waals surface area contributed by atoms with Crippen molar-refractivity contribution in [2.45, 2.75) is 24.9 Å². The zero-order valence-corrected chi connectivity index (χ0v) is 14.4. The minimum atomic E-state index is -0.842. The summed E-state index contributed by atoms with van der Waals surface area (Å²) in [6.45, 7) is 3.08. The molecule has 0 amide bonds. The number of hydrogen-bond donors (Lipinski definition) is 0. The van der Waals surface area contributed by atoms with Crippen LogP contribution in [-0.4, -0.2) is 23.4 Å². The van der Waals surface area contributed by atoms with E-state index in [0.29, 0.717) is 24.5 Å². The third-order valence-electron chi connectivity index (χ3n) is 3.86. The molecule has 2 aromatic rings. The van der Waals surface area contributed by atoms with Gasteiger partial charge in [0.05, 0.1) is 5.38 Å². The normalized spacial score (nSPS) is 14.0. The van der Waals surface area contributed by atoms with Crippen molar-refractivity contribution in [3.05, 3.63) is 71.3 Å². The molecule has 124 valence electrons. The number of benzene rings is 2. The molecule has 0 heterocycles. The Morgan fingerprint density at radius 2 is 1.74 bits per heavy atom. The molecule has 2 rings (SSSR count). The van der Waals surface area contributed by atoms with Crippen LogP contribution in [0.25, 0.3) is 0 Å². The molecule has 0 aliphatic carbocycles. The van der Waals surface area contributed by atoms with Crippen LogP contribution in [0.3, 0.4) is 0 Å². The predicted octanol–water partition coefficient (Wildman–Crippen LogP) is 5.37. The molecule has 0 fully saturated rings. The van der Waals surface area contributed by atoms with Crippen LogP contribution in [0.5, 0.6) is 0 Å². The fourth-order valence-electron chi connectivity index (χ4n) is 2.51. The van der Waals surface area contributed by atoms with E-state index in [-0.39, 0.29) is 11.4 Å². The van der Waals surface area contributed by atoms with E-state index in [9.17, 15) is 8.78 Å². The summed E-state index contributed by atoms with van der Waals surface area (Å²) in [6.07, 6.45) is 0. The van der Waals surface area contributed by atoms with E-state index in [4.69, 9.17) is 23.2 Å². The molecular formula is C18H19Cl2F2N. The first-order valence-corrected chi connectivity index (χ1v) is 8.43. The van der Waals surface area contributed by atoms with Crippen LogP contribution in [0.1, 0.15) is 23.4 Å². The van der Waals surface area contributed by atoms with Gasteiger partial charge in [0.15, 0.2) is 11.6 Å². The van der Waals surface area contributed by atoms with Crippen molar-refractivity contribution in [3.63, 3.8) is 0 Å². The molecule has 2 aromatic carbocycles. The number of alkyl halides is 2. The minimum absolute atomic E-state index is 0.00840. The monoisotopic (exact) mass is 357 g/mol. The van der Waals surface area contributed by atoms with Crippen LogP contribution >= 0.6 is 23.2 Å². The molecule has 0 aliphatic rings. The summed E-state index contributed by atoms with van der Waals surface area (Å²) < 4.78 is 26.5. The summed E-state index contributed by atoms with van der Waals surface area (Å²) >= 11 is 12.5. The number of hydrogen-bond acceptors (Lipinski definition) is 1. The second-order valence-electron chi connectivity index (χ2n) is 5.46. The first kappa shape index (κ1) is 18.2. The second kappa shape index (κ2) is 8.62. The van der Waals surface area contributed by atoms with E-state index >= 15 is 0 Å². The average molecular weight is 358 g/mol. The summed E-state index contributed by atoms with van der Waals surface area (Å²) in [4.78, 5) is 2.07. The first-order valence-electron chi connectivity index (χ1n) is 7.46. The van der Waals surface area contributed by atoms with Gasteiger partial charge in [0, 0.05) is 25.0 Å². The van der Waals surface area contributed by atoms with Crippen LogP contribution < -0.4 is 0 Å². The fraction of sp³-hybridized carbons (Fsp3) is 0.333. The molecule has 5 heteroatoms. The molecule has 0 saturated heterocycles. The van der Waals surface area contributed by atoms with Crippen LogP contribution in [-0.2, 0) is 6.54 Å². The third kappa shape index (κ3) is 4.90. The Kier molecular flexibility index (Phi) is 6.82. The molecule has 0 N–H and O–H groups in total.